The highest BCUT2D eigenvalue weighted by Gasteiger charge is 2.25. The Morgan fingerprint density at radius 2 is 1.90 bits per heavy atom. The second kappa shape index (κ2) is 5.02. The SMILES string of the molecule is CNc1nc2ccccn2c1S(=O)(=O)Nc1ncccn1. The number of anilines is 2. The Labute approximate surface area is 120 Å². The molecule has 2 N–H and O–H groups in total. The second-order valence-corrected chi connectivity index (χ2v) is 5.72. The Kier molecular flexibility index (Phi) is 3.18. The van der Waals surface area contributed by atoms with Crippen LogP contribution in [0, 0.1) is 0 Å². The van der Waals surface area contributed by atoms with Crippen molar-refractivity contribution in [3.05, 3.63) is 42.9 Å². The van der Waals surface area contributed by atoms with Gasteiger partial charge in [0, 0.05) is 25.6 Å². The Hall–Kier alpha value is -2.68. The van der Waals surface area contributed by atoms with E-state index in [-0.39, 0.29) is 16.8 Å². The van der Waals surface area contributed by atoms with Crippen LogP contribution in [0.3, 0.4) is 0 Å². The molecule has 3 heterocycles. The van der Waals surface area contributed by atoms with E-state index in [1.165, 1.54) is 16.8 Å². The first-order chi connectivity index (χ1) is 10.1. The lowest BCUT2D eigenvalue weighted by atomic mass is 10.5. The molecule has 0 aliphatic rings. The summed E-state index contributed by atoms with van der Waals surface area (Å²) >= 11 is 0. The Balaban J connectivity index is 2.14. The first-order valence-corrected chi connectivity index (χ1v) is 7.55. The lowest BCUT2D eigenvalue weighted by Crippen LogP contribution is -2.18. The van der Waals surface area contributed by atoms with Crippen molar-refractivity contribution >= 4 is 27.4 Å². The zero-order valence-electron chi connectivity index (χ0n) is 11.1. The number of hydrogen-bond acceptors (Lipinski definition) is 6. The Morgan fingerprint density at radius 3 is 2.62 bits per heavy atom. The Bertz CT molecular complexity index is 875. The van der Waals surface area contributed by atoms with E-state index in [0.717, 1.165) is 0 Å². The van der Waals surface area contributed by atoms with Gasteiger partial charge < -0.3 is 5.32 Å². The summed E-state index contributed by atoms with van der Waals surface area (Å²) in [7, 11) is -2.27. The van der Waals surface area contributed by atoms with Crippen molar-refractivity contribution in [1.29, 1.82) is 0 Å². The van der Waals surface area contributed by atoms with Gasteiger partial charge in [0.2, 0.25) is 11.0 Å². The van der Waals surface area contributed by atoms with Gasteiger partial charge in [-0.05, 0) is 18.2 Å². The minimum Gasteiger partial charge on any atom is -0.371 e. The fourth-order valence-electron chi connectivity index (χ4n) is 1.91. The summed E-state index contributed by atoms with van der Waals surface area (Å²) in [4.78, 5) is 11.9. The first kappa shape index (κ1) is 13.3. The molecule has 3 rings (SSSR count). The highest BCUT2D eigenvalue weighted by molar-refractivity contribution is 7.92. The zero-order valence-corrected chi connectivity index (χ0v) is 11.9. The smallest absolute Gasteiger partial charge is 0.284 e. The van der Waals surface area contributed by atoms with E-state index in [9.17, 15) is 8.42 Å². The monoisotopic (exact) mass is 304 g/mol. The number of sulfonamides is 1. The fourth-order valence-corrected chi connectivity index (χ4v) is 3.17. The van der Waals surface area contributed by atoms with Crippen LogP contribution in [0.2, 0.25) is 0 Å². The van der Waals surface area contributed by atoms with Crippen molar-refractivity contribution in [2.24, 2.45) is 0 Å². The van der Waals surface area contributed by atoms with E-state index in [1.54, 1.807) is 37.5 Å². The van der Waals surface area contributed by atoms with Gasteiger partial charge in [-0.1, -0.05) is 6.07 Å². The number of nitrogens with zero attached hydrogens (tertiary/aromatic N) is 4. The van der Waals surface area contributed by atoms with Crippen LogP contribution in [0.5, 0.6) is 0 Å². The average molecular weight is 304 g/mol. The summed E-state index contributed by atoms with van der Waals surface area (Å²) in [6.45, 7) is 0. The minimum atomic E-state index is -3.88. The van der Waals surface area contributed by atoms with Crippen molar-refractivity contribution in [3.8, 4) is 0 Å². The van der Waals surface area contributed by atoms with E-state index in [0.29, 0.717) is 5.65 Å². The third-order valence-corrected chi connectivity index (χ3v) is 4.12. The normalized spacial score (nSPS) is 11.5. The van der Waals surface area contributed by atoms with Crippen LogP contribution in [0.25, 0.3) is 5.65 Å². The molecule has 0 aromatic carbocycles. The third kappa shape index (κ3) is 2.38. The summed E-state index contributed by atoms with van der Waals surface area (Å²) < 4.78 is 28.9. The van der Waals surface area contributed by atoms with E-state index in [2.05, 4.69) is 25.0 Å². The number of nitrogens with one attached hydrogen (secondary N) is 2. The maximum atomic E-state index is 12.6. The highest BCUT2D eigenvalue weighted by atomic mass is 32.2. The molecule has 0 fully saturated rings. The molecule has 0 saturated carbocycles. The summed E-state index contributed by atoms with van der Waals surface area (Å²) in [6, 6.07) is 6.84. The van der Waals surface area contributed by atoms with E-state index in [1.807, 2.05) is 0 Å². The first-order valence-electron chi connectivity index (χ1n) is 6.06. The predicted molar refractivity (Wildman–Crippen MR) is 77.6 cm³/mol. The predicted octanol–water partition coefficient (Wildman–Crippen LogP) is 0.967. The molecule has 3 aromatic heterocycles. The zero-order chi connectivity index (χ0) is 14.9. The van der Waals surface area contributed by atoms with Gasteiger partial charge in [-0.25, -0.2) is 19.7 Å². The molecule has 0 radical (unpaired) electrons. The van der Waals surface area contributed by atoms with Gasteiger partial charge in [0.15, 0.2) is 5.82 Å². The number of pyridine rings is 1. The van der Waals surface area contributed by atoms with Crippen LogP contribution >= 0.6 is 0 Å². The van der Waals surface area contributed by atoms with Crippen molar-refractivity contribution in [3.63, 3.8) is 0 Å². The molecule has 0 aliphatic carbocycles. The van der Waals surface area contributed by atoms with Gasteiger partial charge in [-0.15, -0.1) is 0 Å². The molecule has 0 aliphatic heterocycles. The number of rotatable bonds is 4. The molecule has 9 heteroatoms. The molecule has 8 nitrogen and oxygen atoms in total. The lowest BCUT2D eigenvalue weighted by Gasteiger charge is -2.07. The van der Waals surface area contributed by atoms with Gasteiger partial charge in [0.05, 0.1) is 0 Å². The van der Waals surface area contributed by atoms with Crippen LogP contribution < -0.4 is 10.0 Å². The molecular formula is C12H12N6O2S. The molecule has 21 heavy (non-hydrogen) atoms. The molecule has 0 spiro atoms. The fraction of sp³-hybridized carbons (Fsp3) is 0.0833. The topological polar surface area (TPSA) is 101 Å². The van der Waals surface area contributed by atoms with Gasteiger partial charge in [-0.2, -0.15) is 8.42 Å². The highest BCUT2D eigenvalue weighted by Crippen LogP contribution is 2.23. The lowest BCUT2D eigenvalue weighted by molar-refractivity contribution is 0.596. The standard InChI is InChI=1S/C12H12N6O2S/c1-13-10-11(18-8-3-2-5-9(18)16-10)21(19,20)17-12-14-6-4-7-15-12/h2-8,13H,1H3,(H,14,15,17). The van der Waals surface area contributed by atoms with Crippen LogP contribution in [0.1, 0.15) is 0 Å². The average Bonchev–Trinajstić information content (AvgIpc) is 2.87. The molecule has 108 valence electrons. The molecule has 0 saturated heterocycles. The van der Waals surface area contributed by atoms with Crippen molar-refractivity contribution in [2.75, 3.05) is 17.1 Å². The second-order valence-electron chi connectivity index (χ2n) is 4.12. The maximum absolute atomic E-state index is 12.6. The number of imidazole rings is 1. The van der Waals surface area contributed by atoms with Crippen LogP contribution in [0.4, 0.5) is 11.8 Å². The molecule has 0 bridgehead atoms. The quantitative estimate of drug-likeness (QED) is 0.744. The van der Waals surface area contributed by atoms with Crippen molar-refractivity contribution < 1.29 is 8.42 Å². The van der Waals surface area contributed by atoms with Crippen LogP contribution in [-0.2, 0) is 10.0 Å². The maximum Gasteiger partial charge on any atom is 0.284 e. The van der Waals surface area contributed by atoms with Crippen molar-refractivity contribution in [1.82, 2.24) is 19.4 Å². The number of aromatic nitrogens is 4. The number of hydrogen-bond donors (Lipinski definition) is 2. The number of fused-ring (bicyclic) bond motifs is 1. The summed E-state index contributed by atoms with van der Waals surface area (Å²) in [5, 5.41) is 2.79. The van der Waals surface area contributed by atoms with E-state index < -0.39 is 10.0 Å². The minimum absolute atomic E-state index is 0.00503. The molecule has 3 aromatic rings. The molecule has 0 unspecified atom stereocenters. The van der Waals surface area contributed by atoms with Crippen LogP contribution in [-0.4, -0.2) is 34.8 Å². The van der Waals surface area contributed by atoms with Crippen LogP contribution in [0.15, 0.2) is 47.9 Å². The molecule has 0 amide bonds. The Morgan fingerprint density at radius 1 is 1.14 bits per heavy atom. The van der Waals surface area contributed by atoms with E-state index in [4.69, 9.17) is 0 Å². The third-order valence-electron chi connectivity index (χ3n) is 2.77. The van der Waals surface area contributed by atoms with E-state index >= 15 is 0 Å². The van der Waals surface area contributed by atoms with Gasteiger partial charge in [0.1, 0.15) is 5.65 Å². The summed E-state index contributed by atoms with van der Waals surface area (Å²) in [5.74, 6) is 0.259. The largest absolute Gasteiger partial charge is 0.371 e. The van der Waals surface area contributed by atoms with Crippen molar-refractivity contribution in [2.45, 2.75) is 5.03 Å². The van der Waals surface area contributed by atoms with Gasteiger partial charge >= 0.3 is 0 Å². The summed E-state index contributed by atoms with van der Waals surface area (Å²) in [5.41, 5.74) is 0.524. The summed E-state index contributed by atoms with van der Waals surface area (Å²) in [6.07, 6.45) is 4.54. The van der Waals surface area contributed by atoms with Gasteiger partial charge in [0.25, 0.3) is 10.0 Å². The molecule has 0 atom stereocenters. The molecular weight excluding hydrogens is 292 g/mol. The van der Waals surface area contributed by atoms with Gasteiger partial charge in [-0.3, -0.25) is 4.40 Å².